The Morgan fingerprint density at radius 3 is 2.44 bits per heavy atom. The number of ether oxygens (including phenoxy) is 1. The average Bonchev–Trinajstić information content (AvgIpc) is 2.57. The number of nitrogens with zero attached hydrogens (tertiary/aromatic N) is 1. The molecule has 0 spiro atoms. The second kappa shape index (κ2) is 8.22. The van der Waals surface area contributed by atoms with Gasteiger partial charge in [0, 0.05) is 17.1 Å². The molecular weight excluding hydrogens is 364 g/mol. The minimum atomic E-state index is -3.50. The molecule has 2 aromatic carbocycles. The van der Waals surface area contributed by atoms with E-state index in [2.05, 4.69) is 5.32 Å². The molecule has 0 saturated carbocycles. The monoisotopic (exact) mass is 382 g/mol. The summed E-state index contributed by atoms with van der Waals surface area (Å²) in [5, 5.41) is 3.14. The van der Waals surface area contributed by atoms with Gasteiger partial charge in [-0.15, -0.1) is 0 Å². The van der Waals surface area contributed by atoms with E-state index in [9.17, 15) is 13.2 Å². The quantitative estimate of drug-likeness (QED) is 0.798. The molecule has 1 N–H and O–H groups in total. The van der Waals surface area contributed by atoms with Gasteiger partial charge < -0.3 is 10.1 Å². The van der Waals surface area contributed by atoms with E-state index < -0.39 is 10.0 Å². The molecule has 0 atom stereocenters. The van der Waals surface area contributed by atoms with Crippen LogP contribution < -0.4 is 14.4 Å². The van der Waals surface area contributed by atoms with Crippen molar-refractivity contribution < 1.29 is 17.9 Å². The smallest absolute Gasteiger partial charge is 0.251 e. The van der Waals surface area contributed by atoms with Gasteiger partial charge in [0.05, 0.1) is 25.6 Å². The van der Waals surface area contributed by atoms with Gasteiger partial charge in [-0.2, -0.15) is 0 Å². The Morgan fingerprint density at radius 1 is 1.20 bits per heavy atom. The predicted octanol–water partition coefficient (Wildman–Crippen LogP) is 2.54. The Balaban J connectivity index is 2.02. The molecule has 8 heteroatoms. The minimum Gasteiger partial charge on any atom is -0.497 e. The van der Waals surface area contributed by atoms with Crippen LogP contribution in [0.4, 0.5) is 5.69 Å². The molecule has 0 aliphatic carbocycles. The second-order valence-corrected chi connectivity index (χ2v) is 7.64. The lowest BCUT2D eigenvalue weighted by atomic mass is 10.2. The van der Waals surface area contributed by atoms with Gasteiger partial charge in [-0.05, 0) is 42.5 Å². The van der Waals surface area contributed by atoms with Crippen molar-refractivity contribution in [2.75, 3.05) is 30.8 Å². The van der Waals surface area contributed by atoms with Gasteiger partial charge in [0.1, 0.15) is 5.75 Å². The van der Waals surface area contributed by atoms with Crippen LogP contribution in [0.2, 0.25) is 5.02 Å². The lowest BCUT2D eigenvalue weighted by Gasteiger charge is -2.22. The molecular formula is C17H19ClN2O4S. The van der Waals surface area contributed by atoms with E-state index >= 15 is 0 Å². The maximum atomic E-state index is 12.1. The number of hydrogen-bond donors (Lipinski definition) is 1. The molecule has 6 nitrogen and oxygen atoms in total. The van der Waals surface area contributed by atoms with Crippen LogP contribution in [0.15, 0.2) is 48.5 Å². The summed E-state index contributed by atoms with van der Waals surface area (Å²) in [7, 11) is -1.95. The van der Waals surface area contributed by atoms with Crippen molar-refractivity contribution in [1.29, 1.82) is 0 Å². The summed E-state index contributed by atoms with van der Waals surface area (Å²) in [5.74, 6) is 0.364. The summed E-state index contributed by atoms with van der Waals surface area (Å²) < 4.78 is 30.3. The first-order chi connectivity index (χ1) is 11.8. The molecule has 0 radical (unpaired) electrons. The fourth-order valence-corrected chi connectivity index (χ4v) is 3.34. The normalized spacial score (nSPS) is 11.0. The van der Waals surface area contributed by atoms with E-state index in [1.807, 2.05) is 0 Å². The Morgan fingerprint density at radius 2 is 1.88 bits per heavy atom. The number of carbonyl (C=O) groups excluding carboxylic acids is 1. The molecule has 0 unspecified atom stereocenters. The number of carbonyl (C=O) groups is 1. The molecule has 0 aliphatic heterocycles. The van der Waals surface area contributed by atoms with E-state index in [4.69, 9.17) is 16.3 Å². The van der Waals surface area contributed by atoms with Crippen molar-refractivity contribution in [1.82, 2.24) is 5.32 Å². The van der Waals surface area contributed by atoms with Crippen LogP contribution in [0, 0.1) is 0 Å². The van der Waals surface area contributed by atoms with Gasteiger partial charge in [-0.25, -0.2) is 8.42 Å². The Hall–Kier alpha value is -2.25. The summed E-state index contributed by atoms with van der Waals surface area (Å²) >= 11 is 5.93. The lowest BCUT2D eigenvalue weighted by Crippen LogP contribution is -2.38. The third-order valence-corrected chi connectivity index (χ3v) is 4.88. The molecule has 134 valence electrons. The number of amides is 1. The topological polar surface area (TPSA) is 75.7 Å². The molecule has 0 aliphatic rings. The first-order valence-electron chi connectivity index (χ1n) is 7.47. The van der Waals surface area contributed by atoms with E-state index in [0.29, 0.717) is 22.0 Å². The molecule has 0 aromatic heterocycles. The maximum Gasteiger partial charge on any atom is 0.251 e. The van der Waals surface area contributed by atoms with Crippen LogP contribution in [-0.2, 0) is 10.0 Å². The summed E-state index contributed by atoms with van der Waals surface area (Å²) in [5.41, 5.74) is 0.920. The van der Waals surface area contributed by atoms with Crippen molar-refractivity contribution in [2.24, 2.45) is 0 Å². The summed E-state index contributed by atoms with van der Waals surface area (Å²) in [4.78, 5) is 12.1. The Labute approximate surface area is 152 Å². The molecule has 1 amide bonds. The van der Waals surface area contributed by atoms with E-state index in [0.717, 1.165) is 6.26 Å². The number of rotatable bonds is 7. The number of sulfonamides is 1. The highest BCUT2D eigenvalue weighted by molar-refractivity contribution is 7.92. The predicted molar refractivity (Wildman–Crippen MR) is 99.0 cm³/mol. The molecule has 0 heterocycles. The Bertz CT molecular complexity index is 838. The van der Waals surface area contributed by atoms with Crippen molar-refractivity contribution in [3.63, 3.8) is 0 Å². The largest absolute Gasteiger partial charge is 0.497 e. The van der Waals surface area contributed by atoms with Gasteiger partial charge in [0.25, 0.3) is 5.91 Å². The first-order valence-corrected chi connectivity index (χ1v) is 9.69. The highest BCUT2D eigenvalue weighted by atomic mass is 35.5. The fraction of sp³-hybridized carbons (Fsp3) is 0.235. The number of hydrogen-bond acceptors (Lipinski definition) is 4. The average molecular weight is 383 g/mol. The van der Waals surface area contributed by atoms with Crippen molar-refractivity contribution in [3.8, 4) is 5.75 Å². The van der Waals surface area contributed by atoms with Gasteiger partial charge in [-0.1, -0.05) is 17.7 Å². The highest BCUT2D eigenvalue weighted by Gasteiger charge is 2.17. The van der Waals surface area contributed by atoms with Gasteiger partial charge >= 0.3 is 0 Å². The summed E-state index contributed by atoms with van der Waals surface area (Å²) in [6.07, 6.45) is 1.11. The van der Waals surface area contributed by atoms with Crippen molar-refractivity contribution in [2.45, 2.75) is 0 Å². The number of anilines is 1. The summed E-state index contributed by atoms with van der Waals surface area (Å²) in [6.45, 7) is 0.255. The third kappa shape index (κ3) is 5.37. The summed E-state index contributed by atoms with van der Waals surface area (Å²) in [6, 6.07) is 13.2. The van der Waals surface area contributed by atoms with Gasteiger partial charge in [0.2, 0.25) is 10.0 Å². The molecule has 2 rings (SSSR count). The fourth-order valence-electron chi connectivity index (χ4n) is 2.23. The van der Waals surface area contributed by atoms with Crippen LogP contribution in [-0.4, -0.2) is 40.8 Å². The van der Waals surface area contributed by atoms with E-state index in [1.54, 1.807) is 55.6 Å². The first kappa shape index (κ1) is 19.1. The zero-order chi connectivity index (χ0) is 18.4. The van der Waals surface area contributed by atoms with E-state index in [1.165, 1.54) is 4.31 Å². The SMILES string of the molecule is COc1ccc(C(=O)NCCN(c2cccc(Cl)c2)S(C)(=O)=O)cc1. The zero-order valence-electron chi connectivity index (χ0n) is 13.9. The van der Waals surface area contributed by atoms with Gasteiger partial charge in [-0.3, -0.25) is 9.10 Å². The number of halogens is 1. The molecule has 0 saturated heterocycles. The lowest BCUT2D eigenvalue weighted by molar-refractivity contribution is 0.0955. The highest BCUT2D eigenvalue weighted by Crippen LogP contribution is 2.21. The number of benzene rings is 2. The van der Waals surface area contributed by atoms with Crippen LogP contribution in [0.3, 0.4) is 0 Å². The zero-order valence-corrected chi connectivity index (χ0v) is 15.5. The molecule has 25 heavy (non-hydrogen) atoms. The van der Waals surface area contributed by atoms with Crippen LogP contribution >= 0.6 is 11.6 Å². The van der Waals surface area contributed by atoms with Gasteiger partial charge in [0.15, 0.2) is 0 Å². The molecule has 2 aromatic rings. The maximum absolute atomic E-state index is 12.1. The second-order valence-electron chi connectivity index (χ2n) is 5.30. The molecule has 0 fully saturated rings. The van der Waals surface area contributed by atoms with Crippen molar-refractivity contribution >= 4 is 33.2 Å². The van der Waals surface area contributed by atoms with E-state index in [-0.39, 0.29) is 19.0 Å². The Kier molecular flexibility index (Phi) is 6.27. The van der Waals surface area contributed by atoms with Crippen LogP contribution in [0.25, 0.3) is 0 Å². The number of methoxy groups -OCH3 is 1. The van der Waals surface area contributed by atoms with Crippen LogP contribution in [0.5, 0.6) is 5.75 Å². The third-order valence-electron chi connectivity index (χ3n) is 3.45. The molecule has 0 bridgehead atoms. The van der Waals surface area contributed by atoms with Crippen LogP contribution in [0.1, 0.15) is 10.4 Å². The van der Waals surface area contributed by atoms with Crippen molar-refractivity contribution in [3.05, 3.63) is 59.1 Å². The minimum absolute atomic E-state index is 0.0983. The number of nitrogens with one attached hydrogen (secondary N) is 1. The standard InChI is InChI=1S/C17H19ClN2O4S/c1-24-16-8-6-13(7-9-16)17(21)19-10-11-20(25(2,22)23)15-5-3-4-14(18)12-15/h3-9,12H,10-11H2,1-2H3,(H,19,21).